The van der Waals surface area contributed by atoms with E-state index in [0.29, 0.717) is 6.61 Å². The monoisotopic (exact) mass is 122 g/mol. The maximum atomic E-state index is 7.88. The summed E-state index contributed by atoms with van der Waals surface area (Å²) in [5.41, 5.74) is 0. The van der Waals surface area contributed by atoms with Crippen LogP contribution in [0.1, 0.15) is 20.3 Å². The van der Waals surface area contributed by atoms with E-state index in [9.17, 15) is 0 Å². The molecule has 0 spiro atoms. The fourth-order valence-corrected chi connectivity index (χ4v) is 0. The van der Waals surface area contributed by atoms with Crippen molar-refractivity contribution >= 4 is 0 Å². The van der Waals surface area contributed by atoms with E-state index in [-0.39, 0.29) is 0 Å². The first-order chi connectivity index (χ1) is 3.65. The van der Waals surface area contributed by atoms with Gasteiger partial charge in [0.25, 0.3) is 0 Å². The molecule has 0 aliphatic heterocycles. The highest BCUT2D eigenvalue weighted by molar-refractivity contribution is 4.10. The first-order valence-electron chi connectivity index (χ1n) is 2.62. The third-order valence-corrected chi connectivity index (χ3v) is 0.224. The predicted octanol–water partition coefficient (Wildman–Crippen LogP) is -0.294. The summed E-state index contributed by atoms with van der Waals surface area (Å²) >= 11 is 0. The van der Waals surface area contributed by atoms with Crippen molar-refractivity contribution in [2.75, 3.05) is 6.61 Å². The first kappa shape index (κ1) is 10.8. The van der Waals surface area contributed by atoms with Crippen LogP contribution in [0.2, 0.25) is 0 Å². The highest BCUT2D eigenvalue weighted by Gasteiger charge is 1.70. The maximum Gasteiger partial charge on any atom is 0.148 e. The lowest BCUT2D eigenvalue weighted by atomic mass is 10.5. The molecule has 0 aliphatic rings. The SMILES string of the molecule is CC(O)O.CCCO. The van der Waals surface area contributed by atoms with Gasteiger partial charge in [0.2, 0.25) is 0 Å². The third kappa shape index (κ3) is 181. The molecule has 8 heavy (non-hydrogen) atoms. The normalized spacial score (nSPS) is 8.25. The van der Waals surface area contributed by atoms with Gasteiger partial charge in [0.1, 0.15) is 6.29 Å². The molecule has 0 rings (SSSR count). The van der Waals surface area contributed by atoms with Gasteiger partial charge in [0, 0.05) is 6.61 Å². The standard InChI is InChI=1S/C3H8O.C2H6O2/c1-2-3-4;1-2(3)4/h4H,2-3H2,1H3;2-4H,1H3. The van der Waals surface area contributed by atoms with E-state index in [1.807, 2.05) is 6.92 Å². The Balaban J connectivity index is 0. The van der Waals surface area contributed by atoms with E-state index in [4.69, 9.17) is 15.3 Å². The number of aliphatic hydroxyl groups is 3. The largest absolute Gasteiger partial charge is 0.396 e. The van der Waals surface area contributed by atoms with Crippen LogP contribution in [0.4, 0.5) is 0 Å². The van der Waals surface area contributed by atoms with Gasteiger partial charge in [0.15, 0.2) is 0 Å². The second-order valence-electron chi connectivity index (χ2n) is 1.36. The highest BCUT2D eigenvalue weighted by atomic mass is 16.5. The third-order valence-electron chi connectivity index (χ3n) is 0.224. The van der Waals surface area contributed by atoms with Gasteiger partial charge >= 0.3 is 0 Å². The molecule has 0 amide bonds. The Morgan fingerprint density at radius 1 is 1.38 bits per heavy atom. The first-order valence-corrected chi connectivity index (χ1v) is 2.62. The summed E-state index contributed by atoms with van der Waals surface area (Å²) in [6, 6.07) is 0. The maximum absolute atomic E-state index is 7.88. The molecule has 0 aromatic heterocycles. The van der Waals surface area contributed by atoms with Crippen LogP contribution in [0.15, 0.2) is 0 Å². The molecule has 3 heteroatoms. The number of rotatable bonds is 1. The predicted molar refractivity (Wildman–Crippen MR) is 31.3 cm³/mol. The minimum Gasteiger partial charge on any atom is -0.396 e. The van der Waals surface area contributed by atoms with Crippen molar-refractivity contribution in [1.29, 1.82) is 0 Å². The van der Waals surface area contributed by atoms with Gasteiger partial charge in [-0.05, 0) is 13.3 Å². The smallest absolute Gasteiger partial charge is 0.148 e. The average Bonchev–Trinajstić information content (AvgIpc) is 1.65. The van der Waals surface area contributed by atoms with Crippen LogP contribution in [0, 0.1) is 0 Å². The molecule has 0 aromatic carbocycles. The average molecular weight is 122 g/mol. The molecular formula is C5H14O3. The van der Waals surface area contributed by atoms with Gasteiger partial charge < -0.3 is 15.3 Å². The van der Waals surface area contributed by atoms with E-state index >= 15 is 0 Å². The fourth-order valence-electron chi connectivity index (χ4n) is 0. The molecule has 3 nitrogen and oxygen atoms in total. The molecule has 0 radical (unpaired) electrons. The summed E-state index contributed by atoms with van der Waals surface area (Å²) in [7, 11) is 0. The van der Waals surface area contributed by atoms with Gasteiger partial charge in [-0.1, -0.05) is 6.92 Å². The van der Waals surface area contributed by atoms with E-state index in [0.717, 1.165) is 6.42 Å². The van der Waals surface area contributed by atoms with Crippen molar-refractivity contribution in [3.63, 3.8) is 0 Å². The fraction of sp³-hybridized carbons (Fsp3) is 1.00. The molecule has 52 valence electrons. The quantitative estimate of drug-likeness (QED) is 0.419. The zero-order chi connectivity index (χ0) is 6.99. The lowest BCUT2D eigenvalue weighted by Crippen LogP contribution is -1.92. The van der Waals surface area contributed by atoms with Gasteiger partial charge in [-0.3, -0.25) is 0 Å². The molecule has 0 aromatic rings. The number of hydrogen-bond donors (Lipinski definition) is 3. The molecule has 0 saturated heterocycles. The van der Waals surface area contributed by atoms with Crippen LogP contribution < -0.4 is 0 Å². The lowest BCUT2D eigenvalue weighted by Gasteiger charge is -1.80. The van der Waals surface area contributed by atoms with Crippen LogP contribution in [0.5, 0.6) is 0 Å². The van der Waals surface area contributed by atoms with Crippen molar-refractivity contribution in [2.24, 2.45) is 0 Å². The molecule has 0 aliphatic carbocycles. The van der Waals surface area contributed by atoms with Gasteiger partial charge in [-0.15, -0.1) is 0 Å². The summed E-state index contributed by atoms with van der Waals surface area (Å²) in [5.74, 6) is 0. The molecule has 3 N–H and O–H groups in total. The van der Waals surface area contributed by atoms with Crippen molar-refractivity contribution in [3.05, 3.63) is 0 Å². The van der Waals surface area contributed by atoms with Gasteiger partial charge in [-0.2, -0.15) is 0 Å². The topological polar surface area (TPSA) is 60.7 Å². The van der Waals surface area contributed by atoms with Crippen molar-refractivity contribution in [2.45, 2.75) is 26.6 Å². The Kier molecular flexibility index (Phi) is 13.5. The van der Waals surface area contributed by atoms with E-state index < -0.39 is 6.29 Å². The van der Waals surface area contributed by atoms with Gasteiger partial charge in [0.05, 0.1) is 0 Å². The molecule has 0 atom stereocenters. The summed E-state index contributed by atoms with van der Waals surface area (Å²) in [6.07, 6.45) is -0.292. The Morgan fingerprint density at radius 3 is 1.50 bits per heavy atom. The second kappa shape index (κ2) is 9.99. The minimum absolute atomic E-state index is 0.319. The van der Waals surface area contributed by atoms with Crippen molar-refractivity contribution < 1.29 is 15.3 Å². The Bertz CT molecular complexity index is 24.1. The summed E-state index contributed by atoms with van der Waals surface area (Å²) < 4.78 is 0. The summed E-state index contributed by atoms with van der Waals surface area (Å²) in [6.45, 7) is 3.53. The highest BCUT2D eigenvalue weighted by Crippen LogP contribution is 1.61. The zero-order valence-corrected chi connectivity index (χ0v) is 5.33. The van der Waals surface area contributed by atoms with Crippen LogP contribution in [0.25, 0.3) is 0 Å². The molecular weight excluding hydrogens is 108 g/mol. The number of hydrogen-bond acceptors (Lipinski definition) is 3. The Labute approximate surface area is 49.6 Å². The lowest BCUT2D eigenvalue weighted by molar-refractivity contribution is -0.0228. The molecule has 0 unspecified atom stereocenters. The number of aliphatic hydroxyl groups excluding tert-OH is 2. The molecule has 0 heterocycles. The molecule has 0 saturated carbocycles. The van der Waals surface area contributed by atoms with Crippen LogP contribution in [0.3, 0.4) is 0 Å². The zero-order valence-electron chi connectivity index (χ0n) is 5.33. The Hall–Kier alpha value is -0.120. The summed E-state index contributed by atoms with van der Waals surface area (Å²) in [5, 5.41) is 23.1. The van der Waals surface area contributed by atoms with Crippen LogP contribution in [-0.4, -0.2) is 28.2 Å². The molecule has 0 bridgehead atoms. The van der Waals surface area contributed by atoms with Crippen molar-refractivity contribution in [1.82, 2.24) is 0 Å². The van der Waals surface area contributed by atoms with Crippen LogP contribution in [-0.2, 0) is 0 Å². The van der Waals surface area contributed by atoms with Gasteiger partial charge in [-0.25, -0.2) is 0 Å². The van der Waals surface area contributed by atoms with E-state index in [1.54, 1.807) is 0 Å². The van der Waals surface area contributed by atoms with Crippen molar-refractivity contribution in [3.8, 4) is 0 Å². The van der Waals surface area contributed by atoms with E-state index in [2.05, 4.69) is 0 Å². The van der Waals surface area contributed by atoms with E-state index in [1.165, 1.54) is 6.92 Å². The Morgan fingerprint density at radius 2 is 1.50 bits per heavy atom. The summed E-state index contributed by atoms with van der Waals surface area (Å²) in [4.78, 5) is 0. The molecule has 0 fully saturated rings. The second-order valence-corrected chi connectivity index (χ2v) is 1.36. The van der Waals surface area contributed by atoms with Crippen LogP contribution >= 0.6 is 0 Å². The minimum atomic E-state index is -1.17.